The first kappa shape index (κ1) is 11.5. The highest BCUT2D eigenvalue weighted by atomic mass is 35.5. The Morgan fingerprint density at radius 3 is 2.83 bits per heavy atom. The lowest BCUT2D eigenvalue weighted by Gasteiger charge is -2.23. The fourth-order valence-corrected chi connectivity index (χ4v) is 2.07. The second kappa shape index (κ2) is 4.57. The second-order valence-electron chi connectivity index (χ2n) is 4.43. The number of rotatable bonds is 3. The van der Waals surface area contributed by atoms with Gasteiger partial charge in [-0.2, -0.15) is 4.99 Å². The highest BCUT2D eigenvalue weighted by Gasteiger charge is 2.34. The van der Waals surface area contributed by atoms with Crippen LogP contribution in [0.25, 0.3) is 0 Å². The molecule has 6 heteroatoms. The lowest BCUT2D eigenvalue weighted by atomic mass is 10.2. The van der Waals surface area contributed by atoms with Crippen LogP contribution < -0.4 is 0 Å². The van der Waals surface area contributed by atoms with Crippen LogP contribution in [-0.4, -0.2) is 34.5 Å². The number of halogens is 1. The van der Waals surface area contributed by atoms with E-state index < -0.39 is 6.09 Å². The minimum atomic E-state index is -0.495. The van der Waals surface area contributed by atoms with Crippen LogP contribution >= 0.6 is 11.6 Å². The first-order valence-corrected chi connectivity index (χ1v) is 6.21. The Morgan fingerprint density at radius 2 is 2.28 bits per heavy atom. The number of amidine groups is 1. The zero-order valence-electron chi connectivity index (χ0n) is 9.67. The van der Waals surface area contributed by atoms with Gasteiger partial charge in [-0.25, -0.2) is 9.78 Å². The molecule has 1 saturated carbocycles. The predicted octanol–water partition coefficient (Wildman–Crippen LogP) is 2.25. The van der Waals surface area contributed by atoms with Gasteiger partial charge in [0.05, 0.1) is 0 Å². The van der Waals surface area contributed by atoms with Crippen molar-refractivity contribution in [1.29, 1.82) is 0 Å². The highest BCUT2D eigenvalue weighted by molar-refractivity contribution is 6.29. The Balaban J connectivity index is 1.76. The lowest BCUT2D eigenvalue weighted by molar-refractivity contribution is 0.179. The highest BCUT2D eigenvalue weighted by Crippen LogP contribution is 2.29. The van der Waals surface area contributed by atoms with Crippen molar-refractivity contribution in [2.24, 2.45) is 4.99 Å². The summed E-state index contributed by atoms with van der Waals surface area (Å²) in [5, 5.41) is 0.480. The van der Waals surface area contributed by atoms with Crippen molar-refractivity contribution in [2.75, 3.05) is 6.61 Å². The van der Waals surface area contributed by atoms with Gasteiger partial charge in [0, 0.05) is 18.8 Å². The number of carbonyl (C=O) groups is 1. The van der Waals surface area contributed by atoms with Crippen molar-refractivity contribution in [3.8, 4) is 0 Å². The number of ether oxygens (including phenoxy) is 1. The Labute approximate surface area is 109 Å². The first-order valence-electron chi connectivity index (χ1n) is 5.84. The Morgan fingerprint density at radius 1 is 1.44 bits per heavy atom. The maximum atomic E-state index is 11.0. The van der Waals surface area contributed by atoms with Crippen LogP contribution in [0.1, 0.15) is 18.4 Å². The first-order chi connectivity index (χ1) is 8.72. The second-order valence-corrected chi connectivity index (χ2v) is 4.82. The summed E-state index contributed by atoms with van der Waals surface area (Å²) in [6.07, 6.45) is 3.52. The van der Waals surface area contributed by atoms with E-state index >= 15 is 0 Å². The van der Waals surface area contributed by atoms with Crippen molar-refractivity contribution < 1.29 is 9.53 Å². The number of hydrogen-bond acceptors (Lipinski definition) is 4. The number of hydrogen-bond donors (Lipinski definition) is 0. The Hall–Kier alpha value is -1.62. The van der Waals surface area contributed by atoms with Gasteiger partial charge in [-0.3, -0.25) is 0 Å². The molecule has 0 radical (unpaired) electrons. The Bertz CT molecular complexity index is 497. The zero-order valence-corrected chi connectivity index (χ0v) is 10.4. The summed E-state index contributed by atoms with van der Waals surface area (Å²) in [5.41, 5.74) is 1.05. The summed E-state index contributed by atoms with van der Waals surface area (Å²) in [4.78, 5) is 21.1. The standard InChI is InChI=1S/C12H12ClN3O2/c13-10-4-1-8(5-14-10)6-16(9-2-3-9)11-7-18-12(17)15-11/h1,4-5,9H,2-3,6-7H2. The molecule has 1 aliphatic heterocycles. The number of cyclic esters (lactones) is 1. The molecule has 94 valence electrons. The van der Waals surface area contributed by atoms with Crippen molar-refractivity contribution >= 4 is 23.5 Å². The SMILES string of the molecule is O=C1N=C(N(Cc2ccc(Cl)nc2)C2CC2)CO1. The van der Waals surface area contributed by atoms with Gasteiger partial charge >= 0.3 is 6.09 Å². The van der Waals surface area contributed by atoms with E-state index in [1.54, 1.807) is 12.3 Å². The fourth-order valence-electron chi connectivity index (χ4n) is 1.96. The number of amides is 1. The fraction of sp³-hybridized carbons (Fsp3) is 0.417. The molecular weight excluding hydrogens is 254 g/mol. The molecule has 3 rings (SSSR count). The third kappa shape index (κ3) is 2.46. The van der Waals surface area contributed by atoms with Crippen molar-refractivity contribution in [3.63, 3.8) is 0 Å². The molecule has 0 N–H and O–H groups in total. The van der Waals surface area contributed by atoms with Gasteiger partial charge in [-0.15, -0.1) is 0 Å². The summed E-state index contributed by atoms with van der Waals surface area (Å²) in [5.74, 6) is 0.720. The maximum absolute atomic E-state index is 11.0. The monoisotopic (exact) mass is 265 g/mol. The molecular formula is C12H12ClN3O2. The van der Waals surface area contributed by atoms with Crippen molar-refractivity contribution in [1.82, 2.24) is 9.88 Å². The Kier molecular flexibility index (Phi) is 2.91. The van der Waals surface area contributed by atoms with E-state index in [9.17, 15) is 4.79 Å². The number of pyridine rings is 1. The quantitative estimate of drug-likeness (QED) is 0.787. The van der Waals surface area contributed by atoms with E-state index in [1.165, 1.54) is 0 Å². The predicted molar refractivity (Wildman–Crippen MR) is 66.6 cm³/mol. The largest absolute Gasteiger partial charge is 0.440 e. The van der Waals surface area contributed by atoms with E-state index in [1.807, 2.05) is 6.07 Å². The van der Waals surface area contributed by atoms with Gasteiger partial charge in [0.15, 0.2) is 12.4 Å². The summed E-state index contributed by atoms with van der Waals surface area (Å²) in [6.45, 7) is 0.959. The molecule has 0 spiro atoms. The average Bonchev–Trinajstić information content (AvgIpc) is 3.11. The molecule has 2 aliphatic rings. The van der Waals surface area contributed by atoms with Gasteiger partial charge in [0.1, 0.15) is 5.15 Å². The summed E-state index contributed by atoms with van der Waals surface area (Å²) in [6, 6.07) is 4.16. The van der Waals surface area contributed by atoms with Gasteiger partial charge in [-0.1, -0.05) is 17.7 Å². The molecule has 0 atom stereocenters. The summed E-state index contributed by atoms with van der Waals surface area (Å²) >= 11 is 5.76. The van der Waals surface area contributed by atoms with Crippen LogP contribution in [0.3, 0.4) is 0 Å². The van der Waals surface area contributed by atoms with E-state index in [4.69, 9.17) is 16.3 Å². The van der Waals surface area contributed by atoms with E-state index in [-0.39, 0.29) is 6.61 Å². The molecule has 0 bridgehead atoms. The molecule has 18 heavy (non-hydrogen) atoms. The number of carbonyl (C=O) groups excluding carboxylic acids is 1. The third-order valence-corrected chi connectivity index (χ3v) is 3.23. The molecule has 0 saturated heterocycles. The van der Waals surface area contributed by atoms with E-state index in [2.05, 4.69) is 14.9 Å². The minimum Gasteiger partial charge on any atom is -0.440 e. The zero-order chi connectivity index (χ0) is 12.5. The maximum Gasteiger partial charge on any atom is 0.435 e. The summed E-state index contributed by atoms with van der Waals surface area (Å²) < 4.78 is 4.86. The van der Waals surface area contributed by atoms with Crippen molar-refractivity contribution in [2.45, 2.75) is 25.4 Å². The third-order valence-electron chi connectivity index (χ3n) is 3.01. The lowest BCUT2D eigenvalue weighted by Crippen LogP contribution is -2.33. The van der Waals surface area contributed by atoms with Gasteiger partial charge in [0.2, 0.25) is 0 Å². The molecule has 1 fully saturated rings. The van der Waals surface area contributed by atoms with Gasteiger partial charge < -0.3 is 9.64 Å². The van der Waals surface area contributed by atoms with Crippen LogP contribution in [0.5, 0.6) is 0 Å². The smallest absolute Gasteiger partial charge is 0.435 e. The van der Waals surface area contributed by atoms with Crippen LogP contribution in [0.2, 0.25) is 5.15 Å². The normalized spacial score (nSPS) is 18.5. The minimum absolute atomic E-state index is 0.274. The molecule has 1 aromatic rings. The van der Waals surface area contributed by atoms with Gasteiger partial charge in [-0.05, 0) is 24.5 Å². The topological polar surface area (TPSA) is 54.8 Å². The van der Waals surface area contributed by atoms with Gasteiger partial charge in [0.25, 0.3) is 0 Å². The van der Waals surface area contributed by atoms with E-state index in [0.29, 0.717) is 17.7 Å². The number of aromatic nitrogens is 1. The van der Waals surface area contributed by atoms with Crippen LogP contribution in [0, 0.1) is 0 Å². The molecule has 0 unspecified atom stereocenters. The average molecular weight is 266 g/mol. The summed E-state index contributed by atoms with van der Waals surface area (Å²) in [7, 11) is 0. The molecule has 5 nitrogen and oxygen atoms in total. The molecule has 0 aromatic carbocycles. The molecule has 1 aliphatic carbocycles. The van der Waals surface area contributed by atoms with E-state index in [0.717, 1.165) is 24.2 Å². The number of nitrogens with zero attached hydrogens (tertiary/aromatic N) is 3. The van der Waals surface area contributed by atoms with Crippen LogP contribution in [-0.2, 0) is 11.3 Å². The molecule has 1 aromatic heterocycles. The van der Waals surface area contributed by atoms with Crippen molar-refractivity contribution in [3.05, 3.63) is 29.0 Å². The number of aliphatic imine (C=N–C) groups is 1. The van der Waals surface area contributed by atoms with Crippen LogP contribution in [0.4, 0.5) is 4.79 Å². The van der Waals surface area contributed by atoms with Crippen LogP contribution in [0.15, 0.2) is 23.3 Å². The molecule has 1 amide bonds. The molecule has 2 heterocycles.